The molecule has 136 valence electrons. The maximum Gasteiger partial charge on any atom is 0.133 e. The van der Waals surface area contributed by atoms with E-state index in [1.165, 1.54) is 5.69 Å². The third-order valence-corrected chi connectivity index (χ3v) is 5.19. The highest BCUT2D eigenvalue weighted by atomic mass is 15.2. The predicted octanol–water partition coefficient (Wildman–Crippen LogP) is 2.82. The first-order valence-electron chi connectivity index (χ1n) is 9.14. The van der Waals surface area contributed by atoms with E-state index in [0.29, 0.717) is 6.54 Å². The third kappa shape index (κ3) is 2.67. The van der Waals surface area contributed by atoms with Gasteiger partial charge in [-0.05, 0) is 12.1 Å². The van der Waals surface area contributed by atoms with E-state index in [4.69, 9.17) is 4.98 Å². The molecule has 1 aliphatic heterocycles. The Morgan fingerprint density at radius 3 is 3.00 bits per heavy atom. The average Bonchev–Trinajstić information content (AvgIpc) is 3.42. The second-order valence-electron chi connectivity index (χ2n) is 6.82. The number of H-pyrrole nitrogens is 2. The van der Waals surface area contributed by atoms with Gasteiger partial charge in [0.05, 0.1) is 29.4 Å². The van der Waals surface area contributed by atoms with Crippen LogP contribution in [-0.4, -0.2) is 40.9 Å². The monoisotopic (exact) mass is 359 g/mol. The van der Waals surface area contributed by atoms with Crippen LogP contribution in [0.25, 0.3) is 11.0 Å². The van der Waals surface area contributed by atoms with Crippen molar-refractivity contribution < 1.29 is 0 Å². The molecule has 0 bridgehead atoms. The minimum Gasteiger partial charge on any atom is -0.348 e. The fourth-order valence-corrected chi connectivity index (χ4v) is 3.99. The van der Waals surface area contributed by atoms with E-state index < -0.39 is 0 Å². The number of benzene rings is 1. The molecule has 4 aromatic rings. The van der Waals surface area contributed by atoms with E-state index in [2.05, 4.69) is 54.2 Å². The highest BCUT2D eigenvalue weighted by molar-refractivity contribution is 5.76. The van der Waals surface area contributed by atoms with Crippen LogP contribution in [0, 0.1) is 0 Å². The van der Waals surface area contributed by atoms with Gasteiger partial charge >= 0.3 is 0 Å². The van der Waals surface area contributed by atoms with E-state index in [-0.39, 0.29) is 6.04 Å². The maximum atomic E-state index is 5.01. The zero-order valence-electron chi connectivity index (χ0n) is 15.0. The van der Waals surface area contributed by atoms with Crippen molar-refractivity contribution in [2.45, 2.75) is 25.6 Å². The van der Waals surface area contributed by atoms with Crippen molar-refractivity contribution in [2.24, 2.45) is 0 Å². The number of hydrogen-bond donors (Lipinski definition) is 2. The van der Waals surface area contributed by atoms with Crippen LogP contribution in [0.4, 0.5) is 0 Å². The number of rotatable bonds is 5. The Morgan fingerprint density at radius 2 is 2.15 bits per heavy atom. The lowest BCUT2D eigenvalue weighted by molar-refractivity contribution is 0.188. The summed E-state index contributed by atoms with van der Waals surface area (Å²) < 4.78 is 2.25. The Morgan fingerprint density at radius 1 is 1.22 bits per heavy atom. The second-order valence-corrected chi connectivity index (χ2v) is 6.82. The number of hydrogen-bond acceptors (Lipinski definition) is 4. The van der Waals surface area contributed by atoms with E-state index in [1.54, 1.807) is 12.7 Å². The molecule has 5 rings (SSSR count). The number of fused-ring (bicyclic) bond motifs is 2. The maximum absolute atomic E-state index is 5.01. The van der Waals surface area contributed by atoms with Gasteiger partial charge in [-0.15, -0.1) is 6.58 Å². The van der Waals surface area contributed by atoms with Crippen LogP contribution in [-0.2, 0) is 19.5 Å². The Kier molecular flexibility index (Phi) is 3.86. The Hall–Kier alpha value is -3.19. The summed E-state index contributed by atoms with van der Waals surface area (Å²) in [6, 6.07) is 8.24. The molecule has 0 saturated carbocycles. The van der Waals surface area contributed by atoms with Gasteiger partial charge in [-0.1, -0.05) is 18.2 Å². The highest BCUT2D eigenvalue weighted by Crippen LogP contribution is 2.35. The van der Waals surface area contributed by atoms with Crippen LogP contribution >= 0.6 is 0 Å². The third-order valence-electron chi connectivity index (χ3n) is 5.19. The van der Waals surface area contributed by atoms with Crippen molar-refractivity contribution in [3.8, 4) is 0 Å². The van der Waals surface area contributed by atoms with Crippen LogP contribution in [0.1, 0.15) is 28.9 Å². The van der Waals surface area contributed by atoms with Gasteiger partial charge < -0.3 is 14.5 Å². The van der Waals surface area contributed by atoms with Crippen molar-refractivity contribution >= 4 is 11.0 Å². The molecule has 7 nitrogen and oxygen atoms in total. The van der Waals surface area contributed by atoms with Crippen molar-refractivity contribution in [3.63, 3.8) is 0 Å². The second kappa shape index (κ2) is 6.51. The molecule has 0 spiro atoms. The largest absolute Gasteiger partial charge is 0.348 e. The van der Waals surface area contributed by atoms with Gasteiger partial charge in [0.25, 0.3) is 0 Å². The van der Waals surface area contributed by atoms with Crippen molar-refractivity contribution in [1.82, 2.24) is 34.4 Å². The summed E-state index contributed by atoms with van der Waals surface area (Å²) in [7, 11) is 0. The van der Waals surface area contributed by atoms with Gasteiger partial charge in [-0.25, -0.2) is 15.0 Å². The van der Waals surface area contributed by atoms with Gasteiger partial charge in [0.2, 0.25) is 0 Å². The molecule has 27 heavy (non-hydrogen) atoms. The quantitative estimate of drug-likeness (QED) is 0.537. The van der Waals surface area contributed by atoms with Gasteiger partial charge in [-0.3, -0.25) is 4.90 Å². The molecule has 3 aromatic heterocycles. The SMILES string of the molecule is C=CCn1c(C2c3nc[nH]c3CCN2Cc2cnc[nH]2)nc2ccccc21. The van der Waals surface area contributed by atoms with Crippen LogP contribution < -0.4 is 0 Å². The van der Waals surface area contributed by atoms with Crippen LogP contribution in [0.2, 0.25) is 0 Å². The number of para-hydroxylation sites is 2. The minimum atomic E-state index is -0.0179. The number of nitrogens with zero attached hydrogens (tertiary/aromatic N) is 5. The number of allylic oxidation sites excluding steroid dienone is 1. The summed E-state index contributed by atoms with van der Waals surface area (Å²) in [4.78, 5) is 22.8. The topological polar surface area (TPSA) is 78.4 Å². The lowest BCUT2D eigenvalue weighted by Crippen LogP contribution is -2.37. The van der Waals surface area contributed by atoms with Gasteiger partial charge in [-0.2, -0.15) is 0 Å². The fraction of sp³-hybridized carbons (Fsp3) is 0.250. The molecule has 1 aliphatic rings. The lowest BCUT2D eigenvalue weighted by Gasteiger charge is -2.34. The zero-order valence-corrected chi connectivity index (χ0v) is 15.0. The smallest absolute Gasteiger partial charge is 0.133 e. The van der Waals surface area contributed by atoms with Crippen LogP contribution in [0.3, 0.4) is 0 Å². The zero-order chi connectivity index (χ0) is 18.2. The molecule has 0 fully saturated rings. The molecule has 2 N–H and O–H groups in total. The molecule has 0 amide bonds. The first kappa shape index (κ1) is 16.0. The first-order valence-corrected chi connectivity index (χ1v) is 9.14. The van der Waals surface area contributed by atoms with Crippen LogP contribution in [0.15, 0.2) is 55.8 Å². The summed E-state index contributed by atoms with van der Waals surface area (Å²) in [6.45, 7) is 6.36. The molecule has 4 heterocycles. The summed E-state index contributed by atoms with van der Waals surface area (Å²) in [5.41, 5.74) is 5.46. The molecule has 1 unspecified atom stereocenters. The summed E-state index contributed by atoms with van der Waals surface area (Å²) in [5, 5.41) is 0. The number of aromatic nitrogens is 6. The van der Waals surface area contributed by atoms with Crippen molar-refractivity contribution in [2.75, 3.05) is 6.54 Å². The number of imidazole rings is 3. The van der Waals surface area contributed by atoms with E-state index in [1.807, 2.05) is 18.3 Å². The minimum absolute atomic E-state index is 0.0179. The number of aromatic amines is 2. The summed E-state index contributed by atoms with van der Waals surface area (Å²) in [6.07, 6.45) is 8.26. The number of nitrogens with one attached hydrogen (secondary N) is 2. The molecular formula is C20H21N7. The summed E-state index contributed by atoms with van der Waals surface area (Å²) >= 11 is 0. The van der Waals surface area contributed by atoms with Crippen molar-refractivity contribution in [1.29, 1.82) is 0 Å². The molecule has 0 aliphatic carbocycles. The molecule has 1 aromatic carbocycles. The van der Waals surface area contributed by atoms with E-state index in [9.17, 15) is 0 Å². The Bertz CT molecular complexity index is 1070. The summed E-state index contributed by atoms with van der Waals surface area (Å²) in [5.74, 6) is 1.00. The average molecular weight is 359 g/mol. The predicted molar refractivity (Wildman–Crippen MR) is 103 cm³/mol. The van der Waals surface area contributed by atoms with Gasteiger partial charge in [0, 0.05) is 43.6 Å². The van der Waals surface area contributed by atoms with Crippen LogP contribution in [0.5, 0.6) is 0 Å². The lowest BCUT2D eigenvalue weighted by atomic mass is 10.0. The molecule has 0 saturated heterocycles. The van der Waals surface area contributed by atoms with Gasteiger partial charge in [0.15, 0.2) is 0 Å². The molecule has 7 heteroatoms. The Balaban J connectivity index is 1.66. The van der Waals surface area contributed by atoms with Gasteiger partial charge in [0.1, 0.15) is 11.9 Å². The molecule has 1 atom stereocenters. The fourth-order valence-electron chi connectivity index (χ4n) is 3.99. The van der Waals surface area contributed by atoms with Crippen molar-refractivity contribution in [3.05, 3.63) is 78.7 Å². The molecule has 0 radical (unpaired) electrons. The standard InChI is InChI=1S/C20H21N7/c1-2-8-27-17-6-4-3-5-15(17)25-20(27)19-18-16(23-13-24-18)7-9-26(19)11-14-10-21-12-22-14/h2-6,10,12-13,19H,1,7-9,11H2,(H,21,22)(H,23,24). The Labute approximate surface area is 156 Å². The highest BCUT2D eigenvalue weighted by Gasteiger charge is 2.34. The molecular weight excluding hydrogens is 338 g/mol. The first-order chi connectivity index (χ1) is 13.3. The van der Waals surface area contributed by atoms with E-state index in [0.717, 1.165) is 47.8 Å². The van der Waals surface area contributed by atoms with E-state index >= 15 is 0 Å². The normalized spacial score (nSPS) is 17.3.